The number of hydrogen-bond acceptors (Lipinski definition) is 3. The van der Waals surface area contributed by atoms with Gasteiger partial charge in [-0.15, -0.1) is 0 Å². The van der Waals surface area contributed by atoms with Crippen LogP contribution >= 0.6 is 0 Å². The van der Waals surface area contributed by atoms with Gasteiger partial charge in [0.1, 0.15) is 0 Å². The molecule has 13 heavy (non-hydrogen) atoms. The zero-order chi connectivity index (χ0) is 10.0. The second-order valence-corrected chi connectivity index (χ2v) is 2.41. The maximum atomic E-state index is 10.9. The van der Waals surface area contributed by atoms with Crippen LogP contribution in [0.25, 0.3) is 0 Å². The number of amides is 1. The van der Waals surface area contributed by atoms with E-state index in [9.17, 15) is 9.59 Å². The molecular formula is C7H8N2O4. The van der Waals surface area contributed by atoms with Crippen LogP contribution in [0.4, 0.5) is 10.5 Å². The fourth-order valence-corrected chi connectivity index (χ4v) is 0.780. The molecule has 0 aliphatic carbocycles. The second-order valence-electron chi connectivity index (χ2n) is 2.41. The molecule has 1 aromatic rings. The van der Waals surface area contributed by atoms with E-state index in [0.717, 1.165) is 17.2 Å². The molecule has 1 rings (SSSR count). The molecular weight excluding hydrogens is 176 g/mol. The Kier molecular flexibility index (Phi) is 2.23. The highest BCUT2D eigenvalue weighted by molar-refractivity contribution is 5.84. The molecule has 0 spiro atoms. The fourth-order valence-electron chi connectivity index (χ4n) is 0.780. The van der Waals surface area contributed by atoms with Crippen molar-refractivity contribution >= 4 is 11.8 Å². The van der Waals surface area contributed by atoms with Gasteiger partial charge in [-0.3, -0.25) is 9.69 Å². The fraction of sp³-hybridized carbons (Fsp3) is 0.143. The Labute approximate surface area is 73.2 Å². The van der Waals surface area contributed by atoms with E-state index in [0.29, 0.717) is 4.73 Å². The van der Waals surface area contributed by atoms with E-state index in [-0.39, 0.29) is 5.69 Å². The summed E-state index contributed by atoms with van der Waals surface area (Å²) in [7, 11) is 1.30. The minimum atomic E-state index is -1.17. The highest BCUT2D eigenvalue weighted by atomic mass is 16.5. The van der Waals surface area contributed by atoms with Gasteiger partial charge < -0.3 is 10.3 Å². The molecule has 0 bridgehead atoms. The van der Waals surface area contributed by atoms with E-state index in [1.54, 1.807) is 0 Å². The van der Waals surface area contributed by atoms with Crippen molar-refractivity contribution in [3.05, 3.63) is 28.7 Å². The average molecular weight is 184 g/mol. The van der Waals surface area contributed by atoms with Crippen LogP contribution < -0.4 is 10.5 Å². The smallest absolute Gasteiger partial charge is 0.411 e. The third-order valence-corrected chi connectivity index (χ3v) is 1.56. The van der Waals surface area contributed by atoms with Crippen molar-refractivity contribution in [2.75, 3.05) is 11.9 Å². The SMILES string of the molecule is CN(C(=O)O)c1ccn(O)c(=O)c1. The maximum Gasteiger partial charge on any atom is 0.411 e. The molecule has 0 aliphatic rings. The van der Waals surface area contributed by atoms with Crippen molar-refractivity contribution in [3.8, 4) is 0 Å². The monoisotopic (exact) mass is 184 g/mol. The van der Waals surface area contributed by atoms with Gasteiger partial charge in [-0.25, -0.2) is 4.79 Å². The first-order valence-electron chi connectivity index (χ1n) is 3.41. The molecule has 1 heterocycles. The molecule has 2 N–H and O–H groups in total. The van der Waals surface area contributed by atoms with Gasteiger partial charge in [-0.2, -0.15) is 4.73 Å². The van der Waals surface area contributed by atoms with Crippen molar-refractivity contribution in [1.82, 2.24) is 4.73 Å². The molecule has 0 atom stereocenters. The quantitative estimate of drug-likeness (QED) is 0.610. The minimum Gasteiger partial charge on any atom is -0.465 e. The standard InChI is InChI=1S/C7H8N2O4/c1-8(7(11)12)5-2-3-9(13)6(10)4-5/h2-4,13H,1H3,(H,11,12). The van der Waals surface area contributed by atoms with Gasteiger partial charge >= 0.3 is 6.09 Å². The molecule has 0 saturated carbocycles. The number of pyridine rings is 1. The largest absolute Gasteiger partial charge is 0.465 e. The molecule has 0 aliphatic heterocycles. The third-order valence-electron chi connectivity index (χ3n) is 1.56. The summed E-state index contributed by atoms with van der Waals surface area (Å²) in [5.41, 5.74) is -0.464. The summed E-state index contributed by atoms with van der Waals surface area (Å²) in [4.78, 5) is 22.2. The van der Waals surface area contributed by atoms with Crippen molar-refractivity contribution in [3.63, 3.8) is 0 Å². The Morgan fingerprint density at radius 1 is 1.62 bits per heavy atom. The van der Waals surface area contributed by atoms with Gasteiger partial charge in [-0.05, 0) is 6.07 Å². The van der Waals surface area contributed by atoms with Crippen LogP contribution in [-0.2, 0) is 0 Å². The van der Waals surface area contributed by atoms with E-state index in [1.807, 2.05) is 0 Å². The van der Waals surface area contributed by atoms with E-state index < -0.39 is 11.7 Å². The molecule has 70 valence electrons. The van der Waals surface area contributed by atoms with Crippen molar-refractivity contribution in [2.24, 2.45) is 0 Å². The Bertz CT molecular complexity index is 384. The van der Waals surface area contributed by atoms with Crippen LogP contribution in [-0.4, -0.2) is 28.2 Å². The van der Waals surface area contributed by atoms with Crippen molar-refractivity contribution in [1.29, 1.82) is 0 Å². The molecule has 0 unspecified atom stereocenters. The van der Waals surface area contributed by atoms with Gasteiger partial charge in [0.25, 0.3) is 5.56 Å². The van der Waals surface area contributed by atoms with Gasteiger partial charge in [0, 0.05) is 19.3 Å². The minimum absolute atomic E-state index is 0.211. The highest BCUT2D eigenvalue weighted by Crippen LogP contribution is 2.07. The zero-order valence-electron chi connectivity index (χ0n) is 6.84. The second kappa shape index (κ2) is 3.18. The number of carboxylic acid groups (broad SMARTS) is 1. The first-order chi connectivity index (χ1) is 6.02. The molecule has 0 fully saturated rings. The van der Waals surface area contributed by atoms with Gasteiger partial charge in [0.15, 0.2) is 0 Å². The molecule has 6 nitrogen and oxygen atoms in total. The Morgan fingerprint density at radius 2 is 2.23 bits per heavy atom. The first-order valence-corrected chi connectivity index (χ1v) is 3.41. The predicted octanol–water partition coefficient (Wildman–Crippen LogP) is 0.200. The zero-order valence-corrected chi connectivity index (χ0v) is 6.84. The molecule has 1 amide bonds. The number of carbonyl (C=O) groups is 1. The number of nitrogens with zero attached hydrogens (tertiary/aromatic N) is 2. The Morgan fingerprint density at radius 3 is 2.69 bits per heavy atom. The Balaban J connectivity index is 3.11. The van der Waals surface area contributed by atoms with Crippen molar-refractivity contribution in [2.45, 2.75) is 0 Å². The summed E-state index contributed by atoms with van der Waals surface area (Å²) in [6, 6.07) is 2.34. The molecule has 0 radical (unpaired) electrons. The van der Waals surface area contributed by atoms with E-state index in [4.69, 9.17) is 10.3 Å². The van der Waals surface area contributed by atoms with Crippen LogP contribution in [0.15, 0.2) is 23.1 Å². The summed E-state index contributed by atoms with van der Waals surface area (Å²) in [5.74, 6) is 0. The topological polar surface area (TPSA) is 82.8 Å². The van der Waals surface area contributed by atoms with Crippen LogP contribution in [0.5, 0.6) is 0 Å². The van der Waals surface area contributed by atoms with E-state index in [2.05, 4.69) is 0 Å². The lowest BCUT2D eigenvalue weighted by Crippen LogP contribution is -2.26. The molecule has 6 heteroatoms. The van der Waals surface area contributed by atoms with Gasteiger partial charge in [0.05, 0.1) is 5.69 Å². The Hall–Kier alpha value is -1.98. The summed E-state index contributed by atoms with van der Waals surface area (Å²) < 4.78 is 0.374. The summed E-state index contributed by atoms with van der Waals surface area (Å²) in [5, 5.41) is 17.4. The lowest BCUT2D eigenvalue weighted by molar-refractivity contribution is 0.174. The maximum absolute atomic E-state index is 10.9. The predicted molar refractivity (Wildman–Crippen MR) is 44.3 cm³/mol. The number of aromatic nitrogens is 1. The van der Waals surface area contributed by atoms with E-state index in [1.165, 1.54) is 13.1 Å². The lowest BCUT2D eigenvalue weighted by atomic mass is 10.4. The number of hydrogen-bond donors (Lipinski definition) is 2. The highest BCUT2D eigenvalue weighted by Gasteiger charge is 2.08. The summed E-state index contributed by atoms with van der Waals surface area (Å²) >= 11 is 0. The van der Waals surface area contributed by atoms with E-state index >= 15 is 0 Å². The van der Waals surface area contributed by atoms with Gasteiger partial charge in [-0.1, -0.05) is 0 Å². The molecule has 0 aromatic carbocycles. The summed E-state index contributed by atoms with van der Waals surface area (Å²) in [6.07, 6.45) is -0.0908. The van der Waals surface area contributed by atoms with Crippen molar-refractivity contribution < 1.29 is 15.1 Å². The normalized spacial score (nSPS) is 9.62. The van der Waals surface area contributed by atoms with Crippen LogP contribution in [0.1, 0.15) is 0 Å². The van der Waals surface area contributed by atoms with Crippen LogP contribution in [0, 0.1) is 0 Å². The van der Waals surface area contributed by atoms with Crippen LogP contribution in [0.2, 0.25) is 0 Å². The molecule has 0 saturated heterocycles. The average Bonchev–Trinajstić information content (AvgIpc) is 2.08. The number of rotatable bonds is 1. The van der Waals surface area contributed by atoms with Gasteiger partial charge in [0.2, 0.25) is 0 Å². The molecule has 1 aromatic heterocycles. The van der Waals surface area contributed by atoms with Crippen LogP contribution in [0.3, 0.4) is 0 Å². The third kappa shape index (κ3) is 1.78. The lowest BCUT2D eigenvalue weighted by Gasteiger charge is -2.11. The number of anilines is 1. The summed E-state index contributed by atoms with van der Waals surface area (Å²) in [6.45, 7) is 0. The first kappa shape index (κ1) is 9.11.